The van der Waals surface area contributed by atoms with Crippen molar-refractivity contribution in [2.75, 3.05) is 0 Å². The summed E-state index contributed by atoms with van der Waals surface area (Å²) in [4.78, 5) is 23.7. The molecule has 0 N–H and O–H groups in total. The molecule has 0 saturated heterocycles. The summed E-state index contributed by atoms with van der Waals surface area (Å²) in [5.41, 5.74) is 1.98. The topological polar surface area (TPSA) is 73.8 Å². The Morgan fingerprint density at radius 3 is 2.81 bits per heavy atom. The molecule has 0 spiro atoms. The van der Waals surface area contributed by atoms with Gasteiger partial charge in [0.2, 0.25) is 5.89 Å². The van der Waals surface area contributed by atoms with Crippen LogP contribution in [-0.4, -0.2) is 19.7 Å². The lowest BCUT2D eigenvalue weighted by atomic mass is 10.1. The standard InChI is InChI=1S/C20H20N4O2S/c1-3-4-10-15-22-16(26-23-15)11-24-12-21-19-17(20(24)25)13(2)18(27-19)14-8-6-5-7-9-14/h5-9,12H,3-4,10-11H2,1-2H3. The quantitative estimate of drug-likeness (QED) is 0.501. The molecule has 0 aliphatic carbocycles. The van der Waals surface area contributed by atoms with Crippen molar-refractivity contribution >= 4 is 21.6 Å². The van der Waals surface area contributed by atoms with Gasteiger partial charge in [0.15, 0.2) is 5.82 Å². The lowest BCUT2D eigenvalue weighted by Crippen LogP contribution is -2.21. The molecule has 0 amide bonds. The smallest absolute Gasteiger partial charge is 0.262 e. The van der Waals surface area contributed by atoms with Crippen molar-refractivity contribution in [3.63, 3.8) is 0 Å². The summed E-state index contributed by atoms with van der Waals surface area (Å²) >= 11 is 1.54. The number of rotatable bonds is 6. The second kappa shape index (κ2) is 7.44. The molecule has 0 fully saturated rings. The Bertz CT molecular complexity index is 1130. The van der Waals surface area contributed by atoms with Crippen LogP contribution < -0.4 is 5.56 Å². The van der Waals surface area contributed by atoms with Gasteiger partial charge >= 0.3 is 0 Å². The van der Waals surface area contributed by atoms with Crippen molar-refractivity contribution in [1.82, 2.24) is 19.7 Å². The van der Waals surface area contributed by atoms with E-state index in [1.54, 1.807) is 17.7 Å². The molecule has 1 aromatic carbocycles. The van der Waals surface area contributed by atoms with Gasteiger partial charge in [0.05, 0.1) is 11.7 Å². The van der Waals surface area contributed by atoms with Gasteiger partial charge in [0.1, 0.15) is 11.4 Å². The maximum absolute atomic E-state index is 13.0. The average molecular weight is 380 g/mol. The average Bonchev–Trinajstić information content (AvgIpc) is 3.27. The number of aromatic nitrogens is 4. The van der Waals surface area contributed by atoms with E-state index in [1.165, 1.54) is 4.57 Å². The zero-order valence-corrected chi connectivity index (χ0v) is 16.1. The Kier molecular flexibility index (Phi) is 4.85. The molecule has 0 aliphatic heterocycles. The third-order valence-corrected chi connectivity index (χ3v) is 5.77. The Morgan fingerprint density at radius 2 is 2.04 bits per heavy atom. The van der Waals surface area contributed by atoms with E-state index in [9.17, 15) is 4.79 Å². The zero-order valence-electron chi connectivity index (χ0n) is 15.3. The molecular weight excluding hydrogens is 360 g/mol. The molecule has 0 atom stereocenters. The van der Waals surface area contributed by atoms with Gasteiger partial charge in [-0.25, -0.2) is 4.98 Å². The number of fused-ring (bicyclic) bond motifs is 1. The van der Waals surface area contributed by atoms with E-state index in [4.69, 9.17) is 4.52 Å². The second-order valence-corrected chi connectivity index (χ2v) is 7.49. The predicted octanol–water partition coefficient (Wildman–Crippen LogP) is 4.21. The van der Waals surface area contributed by atoms with Gasteiger partial charge in [-0.3, -0.25) is 9.36 Å². The van der Waals surface area contributed by atoms with Crippen LogP contribution in [0.4, 0.5) is 0 Å². The number of thiophene rings is 1. The summed E-state index contributed by atoms with van der Waals surface area (Å²) in [5.74, 6) is 1.12. The van der Waals surface area contributed by atoms with Gasteiger partial charge < -0.3 is 4.52 Å². The van der Waals surface area contributed by atoms with Crippen molar-refractivity contribution in [1.29, 1.82) is 0 Å². The number of nitrogens with zero attached hydrogens (tertiary/aromatic N) is 4. The van der Waals surface area contributed by atoms with E-state index in [0.29, 0.717) is 17.1 Å². The van der Waals surface area contributed by atoms with Gasteiger partial charge in [0.25, 0.3) is 5.56 Å². The van der Waals surface area contributed by atoms with Crippen LogP contribution in [0.2, 0.25) is 0 Å². The molecule has 0 unspecified atom stereocenters. The molecule has 4 rings (SSSR count). The van der Waals surface area contributed by atoms with E-state index in [0.717, 1.165) is 40.1 Å². The number of unbranched alkanes of at least 4 members (excludes halogenated alkanes) is 1. The molecule has 0 radical (unpaired) electrons. The van der Waals surface area contributed by atoms with Crippen LogP contribution in [0.3, 0.4) is 0 Å². The van der Waals surface area contributed by atoms with E-state index >= 15 is 0 Å². The number of aryl methyl sites for hydroxylation is 2. The Hall–Kier alpha value is -2.80. The minimum atomic E-state index is -0.0794. The summed E-state index contributed by atoms with van der Waals surface area (Å²) in [6.07, 6.45) is 4.44. The first kappa shape index (κ1) is 17.6. The van der Waals surface area contributed by atoms with E-state index in [1.807, 2.05) is 37.3 Å². The van der Waals surface area contributed by atoms with Gasteiger partial charge in [-0.15, -0.1) is 11.3 Å². The molecule has 0 bridgehead atoms. The second-order valence-electron chi connectivity index (χ2n) is 6.49. The van der Waals surface area contributed by atoms with E-state index in [2.05, 4.69) is 22.0 Å². The lowest BCUT2D eigenvalue weighted by molar-refractivity contribution is 0.364. The van der Waals surface area contributed by atoms with Gasteiger partial charge in [-0.2, -0.15) is 4.98 Å². The third kappa shape index (κ3) is 3.42. The van der Waals surface area contributed by atoms with E-state index < -0.39 is 0 Å². The van der Waals surface area contributed by atoms with Crippen molar-refractivity contribution in [2.24, 2.45) is 0 Å². The molecular formula is C20H20N4O2S. The van der Waals surface area contributed by atoms with Crippen LogP contribution in [-0.2, 0) is 13.0 Å². The Labute approximate surface area is 160 Å². The number of hydrogen-bond donors (Lipinski definition) is 0. The van der Waals surface area contributed by atoms with Crippen LogP contribution in [0.1, 0.15) is 37.0 Å². The highest BCUT2D eigenvalue weighted by atomic mass is 32.1. The molecule has 6 nitrogen and oxygen atoms in total. The van der Waals surface area contributed by atoms with Crippen LogP contribution in [0.15, 0.2) is 46.0 Å². The zero-order chi connectivity index (χ0) is 18.8. The highest BCUT2D eigenvalue weighted by molar-refractivity contribution is 7.22. The third-order valence-electron chi connectivity index (χ3n) is 4.52. The van der Waals surface area contributed by atoms with Crippen molar-refractivity contribution in [3.05, 3.63) is 64.3 Å². The first-order valence-electron chi connectivity index (χ1n) is 9.02. The molecule has 138 valence electrons. The number of benzene rings is 1. The van der Waals surface area contributed by atoms with Crippen molar-refractivity contribution < 1.29 is 4.52 Å². The van der Waals surface area contributed by atoms with Crippen molar-refractivity contribution in [2.45, 2.75) is 39.7 Å². The molecule has 3 heterocycles. The summed E-state index contributed by atoms with van der Waals surface area (Å²) in [5, 5.41) is 4.64. The van der Waals surface area contributed by atoms with Crippen molar-refractivity contribution in [3.8, 4) is 10.4 Å². The summed E-state index contributed by atoms with van der Waals surface area (Å²) in [7, 11) is 0. The predicted molar refractivity (Wildman–Crippen MR) is 106 cm³/mol. The fourth-order valence-corrected chi connectivity index (χ4v) is 4.22. The normalized spacial score (nSPS) is 11.3. The molecule has 7 heteroatoms. The molecule has 0 aliphatic rings. The molecule has 3 aromatic heterocycles. The van der Waals surface area contributed by atoms with E-state index in [-0.39, 0.29) is 12.1 Å². The highest BCUT2D eigenvalue weighted by Gasteiger charge is 2.17. The first-order valence-corrected chi connectivity index (χ1v) is 9.84. The van der Waals surface area contributed by atoms with Gasteiger partial charge in [-0.1, -0.05) is 48.8 Å². The number of hydrogen-bond acceptors (Lipinski definition) is 6. The maximum Gasteiger partial charge on any atom is 0.262 e. The largest absolute Gasteiger partial charge is 0.337 e. The fourth-order valence-electron chi connectivity index (χ4n) is 3.07. The fraction of sp³-hybridized carbons (Fsp3) is 0.300. The minimum absolute atomic E-state index is 0.0794. The summed E-state index contributed by atoms with van der Waals surface area (Å²) < 4.78 is 6.83. The molecule has 27 heavy (non-hydrogen) atoms. The van der Waals surface area contributed by atoms with Gasteiger partial charge in [0, 0.05) is 11.3 Å². The molecule has 0 saturated carbocycles. The highest BCUT2D eigenvalue weighted by Crippen LogP contribution is 2.35. The van der Waals surface area contributed by atoms with Crippen LogP contribution >= 0.6 is 11.3 Å². The Morgan fingerprint density at radius 1 is 1.22 bits per heavy atom. The minimum Gasteiger partial charge on any atom is -0.337 e. The summed E-state index contributed by atoms with van der Waals surface area (Å²) in [6, 6.07) is 10.1. The van der Waals surface area contributed by atoms with Gasteiger partial charge in [-0.05, 0) is 24.5 Å². The monoisotopic (exact) mass is 380 g/mol. The Balaban J connectivity index is 1.69. The lowest BCUT2D eigenvalue weighted by Gasteiger charge is -2.02. The summed E-state index contributed by atoms with van der Waals surface area (Å²) in [6.45, 7) is 4.33. The van der Waals surface area contributed by atoms with Crippen LogP contribution in [0.5, 0.6) is 0 Å². The first-order chi connectivity index (χ1) is 13.2. The van der Waals surface area contributed by atoms with Crippen LogP contribution in [0, 0.1) is 6.92 Å². The SMILES string of the molecule is CCCCc1noc(Cn2cnc3sc(-c4ccccc4)c(C)c3c2=O)n1. The maximum atomic E-state index is 13.0. The van der Waals surface area contributed by atoms with Crippen LogP contribution in [0.25, 0.3) is 20.7 Å². The molecule has 4 aromatic rings.